The lowest BCUT2D eigenvalue weighted by Crippen LogP contribution is -2.41. The van der Waals surface area contributed by atoms with Crippen molar-refractivity contribution in [2.75, 3.05) is 31.7 Å². The fourth-order valence-electron chi connectivity index (χ4n) is 2.06. The van der Waals surface area contributed by atoms with Crippen LogP contribution in [0.5, 0.6) is 0 Å². The zero-order valence-corrected chi connectivity index (χ0v) is 12.4. The first-order valence-corrected chi connectivity index (χ1v) is 8.03. The summed E-state index contributed by atoms with van der Waals surface area (Å²) in [7, 11) is -0.316. The first-order chi connectivity index (χ1) is 9.40. The summed E-state index contributed by atoms with van der Waals surface area (Å²) in [6.45, 7) is 0.119. The van der Waals surface area contributed by atoms with Gasteiger partial charge in [-0.25, -0.2) is 12.7 Å². The van der Waals surface area contributed by atoms with Crippen molar-refractivity contribution >= 4 is 21.6 Å². The molecule has 110 valence electrons. The average molecular weight is 297 g/mol. The van der Waals surface area contributed by atoms with E-state index >= 15 is 0 Å². The fourth-order valence-corrected chi connectivity index (χ4v) is 2.79. The van der Waals surface area contributed by atoms with E-state index in [0.717, 1.165) is 15.6 Å². The molecule has 2 rings (SSSR count). The monoisotopic (exact) mass is 297 g/mol. The second kappa shape index (κ2) is 5.80. The minimum Gasteiger partial charge on any atom is -0.373 e. The van der Waals surface area contributed by atoms with E-state index in [1.165, 1.54) is 14.1 Å². The summed E-state index contributed by atoms with van der Waals surface area (Å²) in [5.41, 5.74) is 2.07. The molecule has 1 heterocycles. The van der Waals surface area contributed by atoms with Gasteiger partial charge in [0.15, 0.2) is 0 Å². The molecule has 0 saturated heterocycles. The third-order valence-corrected chi connectivity index (χ3v) is 5.14. The highest BCUT2D eigenvalue weighted by Crippen LogP contribution is 2.24. The zero-order chi connectivity index (χ0) is 14.8. The summed E-state index contributed by atoms with van der Waals surface area (Å²) < 4.78 is 24.3. The molecule has 1 atom stereocenters. The second-order valence-corrected chi connectivity index (χ2v) is 7.25. The van der Waals surface area contributed by atoms with Crippen molar-refractivity contribution < 1.29 is 13.2 Å². The van der Waals surface area contributed by atoms with Crippen LogP contribution >= 0.6 is 0 Å². The first-order valence-electron chi connectivity index (χ1n) is 6.42. The van der Waals surface area contributed by atoms with Crippen LogP contribution in [0.2, 0.25) is 0 Å². The van der Waals surface area contributed by atoms with Gasteiger partial charge in [0.05, 0.1) is 5.75 Å². The van der Waals surface area contributed by atoms with E-state index in [1.54, 1.807) is 0 Å². The molecule has 6 nitrogen and oxygen atoms in total. The van der Waals surface area contributed by atoms with E-state index in [1.807, 2.05) is 24.3 Å². The molecule has 1 aromatic carbocycles. The van der Waals surface area contributed by atoms with Crippen LogP contribution in [0.15, 0.2) is 24.3 Å². The Kier molecular flexibility index (Phi) is 4.29. The molecule has 20 heavy (non-hydrogen) atoms. The summed E-state index contributed by atoms with van der Waals surface area (Å²) in [6.07, 6.45) is 0.627. The molecule has 0 unspecified atom stereocenters. The predicted octanol–water partition coefficient (Wildman–Crippen LogP) is 0.0308. The van der Waals surface area contributed by atoms with Gasteiger partial charge in [-0.3, -0.25) is 4.79 Å². The van der Waals surface area contributed by atoms with Gasteiger partial charge >= 0.3 is 0 Å². The molecule has 0 radical (unpaired) electrons. The summed E-state index contributed by atoms with van der Waals surface area (Å²) in [6, 6.07) is 7.43. The lowest BCUT2D eigenvalue weighted by molar-refractivity contribution is -0.121. The number of hydrogen-bond donors (Lipinski definition) is 2. The normalized spacial score (nSPS) is 17.6. The number of para-hydroxylation sites is 1. The van der Waals surface area contributed by atoms with E-state index in [4.69, 9.17) is 0 Å². The Morgan fingerprint density at radius 1 is 1.40 bits per heavy atom. The first kappa shape index (κ1) is 14.8. The number of fused-ring (bicyclic) bond motifs is 1. The van der Waals surface area contributed by atoms with E-state index in [-0.39, 0.29) is 24.2 Å². The molecular formula is C13H19N3O3S. The smallest absolute Gasteiger partial charge is 0.242 e. The Labute approximate surface area is 119 Å². The highest BCUT2D eigenvalue weighted by atomic mass is 32.2. The molecule has 0 aliphatic carbocycles. The maximum Gasteiger partial charge on any atom is 0.242 e. The predicted molar refractivity (Wildman–Crippen MR) is 78.0 cm³/mol. The van der Waals surface area contributed by atoms with Crippen molar-refractivity contribution in [3.05, 3.63) is 29.8 Å². The number of sulfonamides is 1. The molecule has 1 amide bonds. The van der Waals surface area contributed by atoms with Gasteiger partial charge in [-0.05, 0) is 11.6 Å². The van der Waals surface area contributed by atoms with Gasteiger partial charge < -0.3 is 10.6 Å². The molecule has 7 heteroatoms. The third-order valence-electron chi connectivity index (χ3n) is 3.30. The standard InChI is InChI=1S/C13H19N3O3S/c1-16(2)20(18,19)8-7-14-13(17)12-9-10-5-3-4-6-11(10)15-12/h3-6,12,15H,7-9H2,1-2H3,(H,14,17)/t12-/m0/s1. The number of hydrogen-bond acceptors (Lipinski definition) is 4. The molecule has 1 aliphatic heterocycles. The molecule has 0 bridgehead atoms. The second-order valence-electron chi connectivity index (χ2n) is 4.95. The summed E-state index contributed by atoms with van der Waals surface area (Å²) in [4.78, 5) is 12.0. The zero-order valence-electron chi connectivity index (χ0n) is 11.6. The quantitative estimate of drug-likeness (QED) is 0.804. The van der Waals surface area contributed by atoms with Crippen molar-refractivity contribution in [3.63, 3.8) is 0 Å². The number of carbonyl (C=O) groups excluding carboxylic acids is 1. The topological polar surface area (TPSA) is 78.5 Å². The van der Waals surface area contributed by atoms with Crippen molar-refractivity contribution in [2.45, 2.75) is 12.5 Å². The van der Waals surface area contributed by atoms with Crippen LogP contribution in [-0.2, 0) is 21.2 Å². The largest absolute Gasteiger partial charge is 0.373 e. The summed E-state index contributed by atoms with van der Waals surface area (Å²) in [5.74, 6) is -0.263. The van der Waals surface area contributed by atoms with Crippen LogP contribution in [0.4, 0.5) is 5.69 Å². The number of amides is 1. The van der Waals surface area contributed by atoms with E-state index in [0.29, 0.717) is 6.42 Å². The van der Waals surface area contributed by atoms with Crippen LogP contribution in [0.3, 0.4) is 0 Å². The third kappa shape index (κ3) is 3.29. The van der Waals surface area contributed by atoms with Crippen LogP contribution in [0, 0.1) is 0 Å². The molecule has 1 aliphatic rings. The molecule has 1 aromatic rings. The Morgan fingerprint density at radius 2 is 2.10 bits per heavy atom. The molecule has 0 spiro atoms. The highest BCUT2D eigenvalue weighted by molar-refractivity contribution is 7.89. The Hall–Kier alpha value is -1.60. The molecule has 0 aromatic heterocycles. The number of nitrogens with zero attached hydrogens (tertiary/aromatic N) is 1. The van der Waals surface area contributed by atoms with Crippen molar-refractivity contribution in [1.29, 1.82) is 0 Å². The van der Waals surface area contributed by atoms with Gasteiger partial charge in [0.2, 0.25) is 15.9 Å². The molecule has 2 N–H and O–H groups in total. The Balaban J connectivity index is 1.83. The van der Waals surface area contributed by atoms with E-state index in [2.05, 4.69) is 10.6 Å². The lowest BCUT2D eigenvalue weighted by atomic mass is 10.1. The highest BCUT2D eigenvalue weighted by Gasteiger charge is 2.26. The van der Waals surface area contributed by atoms with Crippen LogP contribution in [0.1, 0.15) is 5.56 Å². The molecular weight excluding hydrogens is 278 g/mol. The fraction of sp³-hybridized carbons (Fsp3) is 0.462. The van der Waals surface area contributed by atoms with Crippen LogP contribution in [-0.4, -0.2) is 51.1 Å². The summed E-state index contributed by atoms with van der Waals surface area (Å²) in [5, 5.41) is 5.80. The van der Waals surface area contributed by atoms with Gasteiger partial charge in [-0.2, -0.15) is 0 Å². The van der Waals surface area contributed by atoms with Crippen LogP contribution in [0.25, 0.3) is 0 Å². The molecule has 0 saturated carbocycles. The van der Waals surface area contributed by atoms with Gasteiger partial charge in [-0.1, -0.05) is 18.2 Å². The summed E-state index contributed by atoms with van der Waals surface area (Å²) >= 11 is 0. The van der Waals surface area contributed by atoms with Crippen molar-refractivity contribution in [2.24, 2.45) is 0 Å². The lowest BCUT2D eigenvalue weighted by Gasteiger charge is -2.14. The Morgan fingerprint density at radius 3 is 2.75 bits per heavy atom. The average Bonchev–Trinajstić information content (AvgIpc) is 2.82. The van der Waals surface area contributed by atoms with E-state index in [9.17, 15) is 13.2 Å². The van der Waals surface area contributed by atoms with Crippen LogP contribution < -0.4 is 10.6 Å². The van der Waals surface area contributed by atoms with Gasteiger partial charge in [-0.15, -0.1) is 0 Å². The number of carbonyl (C=O) groups is 1. The number of nitrogens with one attached hydrogen (secondary N) is 2. The van der Waals surface area contributed by atoms with Crippen molar-refractivity contribution in [1.82, 2.24) is 9.62 Å². The van der Waals surface area contributed by atoms with Gasteiger partial charge in [0.25, 0.3) is 0 Å². The van der Waals surface area contributed by atoms with Gasteiger partial charge in [0.1, 0.15) is 6.04 Å². The van der Waals surface area contributed by atoms with Gasteiger partial charge in [0, 0.05) is 32.7 Å². The Bertz CT molecular complexity index is 574. The van der Waals surface area contributed by atoms with Crippen molar-refractivity contribution in [3.8, 4) is 0 Å². The maximum absolute atomic E-state index is 12.0. The molecule has 0 fully saturated rings. The number of benzene rings is 1. The van der Waals surface area contributed by atoms with E-state index < -0.39 is 10.0 Å². The SMILES string of the molecule is CN(C)S(=O)(=O)CCNC(=O)[C@@H]1Cc2ccccc2N1. The minimum absolute atomic E-state index is 0.0919. The number of rotatable bonds is 5. The maximum atomic E-state index is 12.0. The number of anilines is 1. The minimum atomic E-state index is -3.27.